The molecule has 2 aromatic rings. The second kappa shape index (κ2) is 6.89. The largest absolute Gasteiger partial charge is 0.478 e. The highest BCUT2D eigenvalue weighted by atomic mass is 16.4. The Bertz CT molecular complexity index is 755. The first-order valence-electron chi connectivity index (χ1n) is 7.25. The first-order valence-corrected chi connectivity index (χ1v) is 7.25. The molecule has 0 unspecified atom stereocenters. The quantitative estimate of drug-likeness (QED) is 0.861. The number of hydrogen-bond donors (Lipinski definition) is 1. The van der Waals surface area contributed by atoms with Crippen molar-refractivity contribution in [1.29, 1.82) is 0 Å². The maximum Gasteiger partial charge on any atom is 0.328 e. The molecule has 0 spiro atoms. The van der Waals surface area contributed by atoms with Crippen LogP contribution in [0.5, 0.6) is 0 Å². The van der Waals surface area contributed by atoms with Crippen molar-refractivity contribution in [2.75, 3.05) is 0 Å². The molecule has 0 saturated carbocycles. The highest BCUT2D eigenvalue weighted by Crippen LogP contribution is 2.19. The molecule has 0 aliphatic rings. The van der Waals surface area contributed by atoms with Crippen molar-refractivity contribution >= 4 is 12.0 Å². The summed E-state index contributed by atoms with van der Waals surface area (Å²) in [6.07, 6.45) is 3.15. The lowest BCUT2D eigenvalue weighted by molar-refractivity contribution is -0.131. The van der Waals surface area contributed by atoms with Gasteiger partial charge in [0.2, 0.25) is 0 Å². The lowest BCUT2D eigenvalue weighted by atomic mass is 10.1. The number of nitrogens with zero attached hydrogens (tertiary/aromatic N) is 1. The molecular formula is C18H19NO3. The Labute approximate surface area is 129 Å². The van der Waals surface area contributed by atoms with E-state index in [9.17, 15) is 9.59 Å². The highest BCUT2D eigenvalue weighted by Gasteiger charge is 2.09. The van der Waals surface area contributed by atoms with Crippen LogP contribution in [0, 0.1) is 6.92 Å². The van der Waals surface area contributed by atoms with Gasteiger partial charge in [0, 0.05) is 18.2 Å². The number of benzene rings is 1. The van der Waals surface area contributed by atoms with Gasteiger partial charge in [-0.2, -0.15) is 0 Å². The zero-order chi connectivity index (χ0) is 16.1. The summed E-state index contributed by atoms with van der Waals surface area (Å²) < 4.78 is 1.70. The number of aromatic nitrogens is 1. The normalized spacial score (nSPS) is 11.0. The molecule has 0 amide bonds. The molecule has 22 heavy (non-hydrogen) atoms. The minimum Gasteiger partial charge on any atom is -0.478 e. The number of aryl methyl sites for hydroxylation is 1. The summed E-state index contributed by atoms with van der Waals surface area (Å²) in [6.45, 7) is 4.62. The summed E-state index contributed by atoms with van der Waals surface area (Å²) in [4.78, 5) is 23.2. The summed E-state index contributed by atoms with van der Waals surface area (Å²) in [5, 5.41) is 8.70. The molecule has 1 aromatic carbocycles. The Morgan fingerprint density at radius 1 is 1.18 bits per heavy atom. The van der Waals surface area contributed by atoms with E-state index in [0.29, 0.717) is 12.1 Å². The standard InChI is InChI=1S/C18H19NO3/c1-3-12-19-16(14-6-4-13(2)5-7-14)10-8-15(18(19)22)9-11-17(20)21/h4-11H,3,12H2,1-2H3,(H,20,21)/b11-9+. The van der Waals surface area contributed by atoms with Gasteiger partial charge in [0.15, 0.2) is 0 Å². The van der Waals surface area contributed by atoms with Crippen molar-refractivity contribution in [1.82, 2.24) is 4.57 Å². The van der Waals surface area contributed by atoms with Gasteiger partial charge in [0.1, 0.15) is 0 Å². The molecule has 0 saturated heterocycles. The van der Waals surface area contributed by atoms with Gasteiger partial charge in [-0.05, 0) is 37.1 Å². The fourth-order valence-corrected chi connectivity index (χ4v) is 2.31. The molecule has 1 N–H and O–H groups in total. The van der Waals surface area contributed by atoms with E-state index in [4.69, 9.17) is 5.11 Å². The van der Waals surface area contributed by atoms with Crippen molar-refractivity contribution < 1.29 is 9.90 Å². The average Bonchev–Trinajstić information content (AvgIpc) is 2.49. The molecule has 0 bridgehead atoms. The van der Waals surface area contributed by atoms with Crippen LogP contribution >= 0.6 is 0 Å². The number of pyridine rings is 1. The van der Waals surface area contributed by atoms with Gasteiger partial charge in [-0.15, -0.1) is 0 Å². The Morgan fingerprint density at radius 3 is 2.45 bits per heavy atom. The number of aliphatic carboxylic acids is 1. The van der Waals surface area contributed by atoms with E-state index in [1.807, 2.05) is 44.2 Å². The third-order valence-electron chi connectivity index (χ3n) is 3.40. The zero-order valence-corrected chi connectivity index (χ0v) is 12.7. The number of carboxylic acids is 1. The Balaban J connectivity index is 2.56. The van der Waals surface area contributed by atoms with Crippen molar-refractivity contribution in [2.24, 2.45) is 0 Å². The molecule has 0 aliphatic carbocycles. The molecule has 0 aliphatic heterocycles. The number of rotatable bonds is 5. The molecule has 0 radical (unpaired) electrons. The van der Waals surface area contributed by atoms with Crippen molar-refractivity contribution in [3.8, 4) is 11.3 Å². The smallest absolute Gasteiger partial charge is 0.328 e. The van der Waals surface area contributed by atoms with Crippen LogP contribution < -0.4 is 5.56 Å². The summed E-state index contributed by atoms with van der Waals surface area (Å²) >= 11 is 0. The van der Waals surface area contributed by atoms with Crippen molar-refractivity contribution in [2.45, 2.75) is 26.8 Å². The molecular weight excluding hydrogens is 278 g/mol. The fourth-order valence-electron chi connectivity index (χ4n) is 2.31. The van der Waals surface area contributed by atoms with Crippen LogP contribution in [0.15, 0.2) is 47.3 Å². The van der Waals surface area contributed by atoms with Gasteiger partial charge in [-0.1, -0.05) is 36.8 Å². The van der Waals surface area contributed by atoms with Crippen LogP contribution in [-0.2, 0) is 11.3 Å². The van der Waals surface area contributed by atoms with Crippen LogP contribution in [0.3, 0.4) is 0 Å². The van der Waals surface area contributed by atoms with E-state index in [0.717, 1.165) is 29.3 Å². The molecule has 2 rings (SSSR count). The van der Waals surface area contributed by atoms with Gasteiger partial charge in [0.25, 0.3) is 5.56 Å². The lowest BCUT2D eigenvalue weighted by Crippen LogP contribution is -2.23. The van der Waals surface area contributed by atoms with Gasteiger partial charge >= 0.3 is 5.97 Å². The molecule has 1 heterocycles. The van der Waals surface area contributed by atoms with E-state index < -0.39 is 5.97 Å². The van der Waals surface area contributed by atoms with E-state index in [1.165, 1.54) is 6.08 Å². The SMILES string of the molecule is CCCn1c(-c2ccc(C)cc2)ccc(/C=C/C(=O)O)c1=O. The number of carboxylic acid groups (broad SMARTS) is 1. The Morgan fingerprint density at radius 2 is 1.86 bits per heavy atom. The van der Waals surface area contributed by atoms with Gasteiger partial charge in [-0.25, -0.2) is 4.79 Å². The van der Waals surface area contributed by atoms with Crippen molar-refractivity contribution in [3.05, 3.63) is 64.0 Å². The van der Waals surface area contributed by atoms with Crippen LogP contribution in [0.4, 0.5) is 0 Å². The van der Waals surface area contributed by atoms with E-state index in [2.05, 4.69) is 0 Å². The van der Waals surface area contributed by atoms with E-state index in [-0.39, 0.29) is 5.56 Å². The first-order chi connectivity index (χ1) is 10.5. The van der Waals surface area contributed by atoms with Gasteiger partial charge in [-0.3, -0.25) is 4.79 Å². The molecule has 0 fully saturated rings. The Hall–Kier alpha value is -2.62. The summed E-state index contributed by atoms with van der Waals surface area (Å²) in [6, 6.07) is 11.5. The number of carbonyl (C=O) groups is 1. The predicted octanol–water partition coefficient (Wildman–Crippen LogP) is 3.33. The average molecular weight is 297 g/mol. The predicted molar refractivity (Wildman–Crippen MR) is 87.8 cm³/mol. The summed E-state index contributed by atoms with van der Waals surface area (Å²) in [5.41, 5.74) is 3.20. The maximum absolute atomic E-state index is 12.6. The number of hydrogen-bond acceptors (Lipinski definition) is 2. The first kappa shape index (κ1) is 15.8. The third kappa shape index (κ3) is 3.52. The maximum atomic E-state index is 12.6. The molecule has 0 atom stereocenters. The highest BCUT2D eigenvalue weighted by molar-refractivity contribution is 5.85. The fraction of sp³-hybridized carbons (Fsp3) is 0.222. The van der Waals surface area contributed by atoms with Gasteiger partial charge in [0.05, 0.1) is 5.69 Å². The van der Waals surface area contributed by atoms with Crippen LogP contribution in [0.25, 0.3) is 17.3 Å². The molecule has 114 valence electrons. The second-order valence-electron chi connectivity index (χ2n) is 5.17. The van der Waals surface area contributed by atoms with Crippen LogP contribution in [0.1, 0.15) is 24.5 Å². The minimum atomic E-state index is -1.07. The molecule has 4 nitrogen and oxygen atoms in total. The lowest BCUT2D eigenvalue weighted by Gasteiger charge is -2.13. The third-order valence-corrected chi connectivity index (χ3v) is 3.40. The van der Waals surface area contributed by atoms with E-state index in [1.54, 1.807) is 10.6 Å². The van der Waals surface area contributed by atoms with E-state index >= 15 is 0 Å². The summed E-state index contributed by atoms with van der Waals surface area (Å²) in [5.74, 6) is -1.07. The molecule has 1 aromatic heterocycles. The van der Waals surface area contributed by atoms with Crippen LogP contribution in [-0.4, -0.2) is 15.6 Å². The minimum absolute atomic E-state index is 0.169. The van der Waals surface area contributed by atoms with Crippen molar-refractivity contribution in [3.63, 3.8) is 0 Å². The summed E-state index contributed by atoms with van der Waals surface area (Å²) in [7, 11) is 0. The second-order valence-corrected chi connectivity index (χ2v) is 5.17. The Kier molecular flexibility index (Phi) is 4.94. The topological polar surface area (TPSA) is 59.3 Å². The zero-order valence-electron chi connectivity index (χ0n) is 12.7. The molecule has 4 heteroatoms. The van der Waals surface area contributed by atoms with Gasteiger partial charge < -0.3 is 9.67 Å². The van der Waals surface area contributed by atoms with Crippen LogP contribution in [0.2, 0.25) is 0 Å². The monoisotopic (exact) mass is 297 g/mol.